The molecule has 5 nitrogen and oxygen atoms in total. The van der Waals surface area contributed by atoms with Gasteiger partial charge in [-0.05, 0) is 44.4 Å². The minimum Gasteiger partial charge on any atom is -0.340 e. The van der Waals surface area contributed by atoms with Gasteiger partial charge in [0.25, 0.3) is 0 Å². The van der Waals surface area contributed by atoms with E-state index in [4.69, 9.17) is 0 Å². The van der Waals surface area contributed by atoms with Gasteiger partial charge in [-0.1, -0.05) is 26.2 Å². The number of likely N-dealkylation sites (tertiary alicyclic amines) is 1. The lowest BCUT2D eigenvalue weighted by Crippen LogP contribution is -2.44. The molecule has 2 fully saturated rings. The molecule has 1 aromatic rings. The van der Waals surface area contributed by atoms with Crippen molar-refractivity contribution < 1.29 is 4.79 Å². The van der Waals surface area contributed by atoms with Gasteiger partial charge in [-0.3, -0.25) is 4.79 Å². The molecule has 1 saturated heterocycles. The normalized spacial score (nSPS) is 28.7. The Labute approximate surface area is 139 Å². The van der Waals surface area contributed by atoms with Crippen LogP contribution < -0.4 is 0 Å². The number of carbonyl (C=O) groups excluding carboxylic acids is 1. The van der Waals surface area contributed by atoms with E-state index in [1.165, 1.54) is 32.1 Å². The predicted molar refractivity (Wildman–Crippen MR) is 89.8 cm³/mol. The second kappa shape index (κ2) is 7.93. The molecule has 2 heterocycles. The van der Waals surface area contributed by atoms with Crippen molar-refractivity contribution >= 4 is 5.91 Å². The van der Waals surface area contributed by atoms with Gasteiger partial charge in [-0.25, -0.2) is 9.67 Å². The van der Waals surface area contributed by atoms with E-state index < -0.39 is 0 Å². The quantitative estimate of drug-likeness (QED) is 0.835. The Bertz CT molecular complexity index is 479. The van der Waals surface area contributed by atoms with Gasteiger partial charge in [0.15, 0.2) is 0 Å². The first-order valence-electron chi connectivity index (χ1n) is 9.40. The Morgan fingerprint density at radius 3 is 2.74 bits per heavy atom. The van der Waals surface area contributed by atoms with Crippen molar-refractivity contribution in [1.82, 2.24) is 19.7 Å². The Hall–Kier alpha value is -1.39. The smallest absolute Gasteiger partial charge is 0.225 e. The van der Waals surface area contributed by atoms with Crippen molar-refractivity contribution in [3.05, 3.63) is 12.7 Å². The topological polar surface area (TPSA) is 51.0 Å². The number of aromatic nitrogens is 3. The van der Waals surface area contributed by atoms with Crippen LogP contribution in [0.2, 0.25) is 0 Å². The summed E-state index contributed by atoms with van der Waals surface area (Å²) in [7, 11) is 0. The van der Waals surface area contributed by atoms with Gasteiger partial charge in [0.2, 0.25) is 5.91 Å². The minimum absolute atomic E-state index is 0.266. The summed E-state index contributed by atoms with van der Waals surface area (Å²) in [6.07, 6.45) is 14.2. The first-order chi connectivity index (χ1) is 11.3. The predicted octanol–water partition coefficient (Wildman–Crippen LogP) is 3.44. The van der Waals surface area contributed by atoms with Crippen LogP contribution in [0.1, 0.15) is 70.8 Å². The van der Waals surface area contributed by atoms with Crippen molar-refractivity contribution in [2.24, 2.45) is 11.8 Å². The summed E-state index contributed by atoms with van der Waals surface area (Å²) in [5, 5.41) is 4.25. The molecule has 0 spiro atoms. The van der Waals surface area contributed by atoms with Crippen LogP contribution >= 0.6 is 0 Å². The first kappa shape index (κ1) is 16.5. The van der Waals surface area contributed by atoms with E-state index in [-0.39, 0.29) is 5.92 Å². The van der Waals surface area contributed by atoms with Crippen LogP contribution in [-0.2, 0) is 4.79 Å². The van der Waals surface area contributed by atoms with Crippen molar-refractivity contribution in [2.75, 3.05) is 13.1 Å². The number of carbonyl (C=O) groups is 1. The molecule has 0 N–H and O–H groups in total. The van der Waals surface area contributed by atoms with E-state index in [9.17, 15) is 4.79 Å². The molecule has 128 valence electrons. The zero-order valence-corrected chi connectivity index (χ0v) is 14.4. The maximum absolute atomic E-state index is 12.9. The number of nitrogens with zero attached hydrogens (tertiary/aromatic N) is 4. The molecule has 23 heavy (non-hydrogen) atoms. The van der Waals surface area contributed by atoms with E-state index in [1.54, 1.807) is 12.7 Å². The SMILES string of the molecule is CCCCC1CCC(C(=O)N2CCC[C@@H](n3cncn3)C2)CC1. The highest BCUT2D eigenvalue weighted by Crippen LogP contribution is 2.34. The van der Waals surface area contributed by atoms with Crippen LogP contribution in [0.5, 0.6) is 0 Å². The molecule has 0 unspecified atom stereocenters. The highest BCUT2D eigenvalue weighted by Gasteiger charge is 2.32. The fraction of sp³-hybridized carbons (Fsp3) is 0.833. The number of piperidine rings is 1. The second-order valence-electron chi connectivity index (χ2n) is 7.32. The summed E-state index contributed by atoms with van der Waals surface area (Å²) >= 11 is 0. The molecule has 1 aromatic heterocycles. The van der Waals surface area contributed by atoms with Crippen molar-refractivity contribution in [1.29, 1.82) is 0 Å². The Morgan fingerprint density at radius 1 is 1.22 bits per heavy atom. The van der Waals surface area contributed by atoms with Gasteiger partial charge in [0.1, 0.15) is 12.7 Å². The van der Waals surface area contributed by atoms with Crippen LogP contribution in [0.15, 0.2) is 12.7 Å². The molecule has 3 rings (SSSR count). The molecule has 1 amide bonds. The Balaban J connectivity index is 1.50. The molecular formula is C18H30N4O. The molecular weight excluding hydrogens is 288 g/mol. The fourth-order valence-electron chi connectivity index (χ4n) is 4.23. The minimum atomic E-state index is 0.266. The lowest BCUT2D eigenvalue weighted by atomic mass is 9.79. The first-order valence-corrected chi connectivity index (χ1v) is 9.40. The number of hydrogen-bond donors (Lipinski definition) is 0. The van der Waals surface area contributed by atoms with Gasteiger partial charge < -0.3 is 4.90 Å². The van der Waals surface area contributed by atoms with Gasteiger partial charge in [0, 0.05) is 19.0 Å². The van der Waals surface area contributed by atoms with Gasteiger partial charge in [-0.15, -0.1) is 0 Å². The number of amides is 1. The van der Waals surface area contributed by atoms with Gasteiger partial charge in [-0.2, -0.15) is 5.10 Å². The number of hydrogen-bond acceptors (Lipinski definition) is 3. The monoisotopic (exact) mass is 318 g/mol. The fourth-order valence-corrected chi connectivity index (χ4v) is 4.23. The standard InChI is InChI=1S/C18H30N4O/c1-2-3-5-15-7-9-16(10-8-15)18(23)21-11-4-6-17(12-21)22-14-19-13-20-22/h13-17H,2-12H2,1H3/t15?,16?,17-/m1/s1. The number of unbranched alkanes of at least 4 members (excludes halogenated alkanes) is 1. The average Bonchev–Trinajstić information content (AvgIpc) is 3.14. The lowest BCUT2D eigenvalue weighted by molar-refractivity contribution is -0.138. The maximum atomic E-state index is 12.9. The third kappa shape index (κ3) is 4.12. The summed E-state index contributed by atoms with van der Waals surface area (Å²) in [6.45, 7) is 3.98. The van der Waals surface area contributed by atoms with Crippen molar-refractivity contribution in [3.63, 3.8) is 0 Å². The Kier molecular flexibility index (Phi) is 5.68. The summed E-state index contributed by atoms with van der Waals surface area (Å²) in [5.41, 5.74) is 0. The van der Waals surface area contributed by atoms with Gasteiger partial charge in [0.05, 0.1) is 6.04 Å². The van der Waals surface area contributed by atoms with Crippen molar-refractivity contribution in [3.8, 4) is 0 Å². The van der Waals surface area contributed by atoms with Crippen LogP contribution in [0.4, 0.5) is 0 Å². The largest absolute Gasteiger partial charge is 0.340 e. The molecule has 1 atom stereocenters. The molecule has 0 radical (unpaired) electrons. The van der Waals surface area contributed by atoms with Crippen LogP contribution in [0.25, 0.3) is 0 Å². The van der Waals surface area contributed by atoms with Crippen LogP contribution in [0.3, 0.4) is 0 Å². The third-order valence-electron chi connectivity index (χ3n) is 5.68. The second-order valence-corrected chi connectivity index (χ2v) is 7.32. The zero-order chi connectivity index (χ0) is 16.1. The molecule has 1 aliphatic heterocycles. The van der Waals surface area contributed by atoms with E-state index in [2.05, 4.69) is 21.9 Å². The molecule has 1 saturated carbocycles. The summed E-state index contributed by atoms with van der Waals surface area (Å²) < 4.78 is 1.92. The molecule has 1 aliphatic carbocycles. The average molecular weight is 318 g/mol. The van der Waals surface area contributed by atoms with Gasteiger partial charge >= 0.3 is 0 Å². The molecule has 0 bridgehead atoms. The Morgan fingerprint density at radius 2 is 2.04 bits per heavy atom. The summed E-state index contributed by atoms with van der Waals surface area (Å²) in [4.78, 5) is 19.0. The molecule has 0 aromatic carbocycles. The highest BCUT2D eigenvalue weighted by molar-refractivity contribution is 5.79. The lowest BCUT2D eigenvalue weighted by Gasteiger charge is -2.36. The summed E-state index contributed by atoms with van der Waals surface area (Å²) in [5.74, 6) is 1.52. The maximum Gasteiger partial charge on any atom is 0.225 e. The summed E-state index contributed by atoms with van der Waals surface area (Å²) in [6, 6.07) is 0.302. The highest BCUT2D eigenvalue weighted by atomic mass is 16.2. The van der Waals surface area contributed by atoms with Crippen molar-refractivity contribution in [2.45, 2.75) is 70.8 Å². The molecule has 5 heteroatoms. The van der Waals surface area contributed by atoms with E-state index in [1.807, 2.05) is 4.68 Å². The van der Waals surface area contributed by atoms with Crippen LogP contribution in [0, 0.1) is 11.8 Å². The van der Waals surface area contributed by atoms with E-state index in [0.29, 0.717) is 11.9 Å². The zero-order valence-electron chi connectivity index (χ0n) is 14.4. The van der Waals surface area contributed by atoms with E-state index >= 15 is 0 Å². The third-order valence-corrected chi connectivity index (χ3v) is 5.68. The van der Waals surface area contributed by atoms with E-state index in [0.717, 1.165) is 44.7 Å². The molecule has 2 aliphatic rings. The number of rotatable bonds is 5. The van der Waals surface area contributed by atoms with Crippen LogP contribution in [-0.4, -0.2) is 38.7 Å².